The summed E-state index contributed by atoms with van der Waals surface area (Å²) < 4.78 is 18.9. The SMILES string of the molecule is CCNC(=NCC(O)c1ccc(F)cc1)NC1CC(OCC)C12CCC2.I. The van der Waals surface area contributed by atoms with Crippen LogP contribution in [0.15, 0.2) is 29.3 Å². The third kappa shape index (κ3) is 4.92. The molecule has 2 fully saturated rings. The summed E-state index contributed by atoms with van der Waals surface area (Å²) in [6.45, 7) is 5.83. The number of halogens is 2. The highest BCUT2D eigenvalue weighted by Gasteiger charge is 2.59. The average Bonchev–Trinajstić information content (AvgIpc) is 2.57. The number of aliphatic imine (C=N–C) groups is 1. The van der Waals surface area contributed by atoms with Crippen LogP contribution in [0.1, 0.15) is 51.2 Å². The van der Waals surface area contributed by atoms with E-state index in [0.29, 0.717) is 17.7 Å². The third-order valence-electron chi connectivity index (χ3n) is 5.77. The Morgan fingerprint density at radius 3 is 2.59 bits per heavy atom. The van der Waals surface area contributed by atoms with Gasteiger partial charge in [-0.05, 0) is 50.8 Å². The molecular weight excluding hydrogens is 460 g/mol. The highest BCUT2D eigenvalue weighted by Crippen LogP contribution is 2.57. The van der Waals surface area contributed by atoms with Gasteiger partial charge in [0.2, 0.25) is 0 Å². The summed E-state index contributed by atoms with van der Waals surface area (Å²) >= 11 is 0. The topological polar surface area (TPSA) is 65.9 Å². The van der Waals surface area contributed by atoms with Gasteiger partial charge in [-0.3, -0.25) is 4.99 Å². The van der Waals surface area contributed by atoms with Gasteiger partial charge in [-0.1, -0.05) is 18.6 Å². The molecular formula is C20H31FIN3O2. The molecule has 3 rings (SSSR count). The zero-order valence-electron chi connectivity index (χ0n) is 16.1. The Bertz CT molecular complexity index is 622. The summed E-state index contributed by atoms with van der Waals surface area (Å²) in [5, 5.41) is 17.1. The predicted octanol–water partition coefficient (Wildman–Crippen LogP) is 3.38. The smallest absolute Gasteiger partial charge is 0.191 e. The minimum Gasteiger partial charge on any atom is -0.386 e. The molecule has 3 atom stereocenters. The van der Waals surface area contributed by atoms with Gasteiger partial charge in [0.15, 0.2) is 5.96 Å². The van der Waals surface area contributed by atoms with Crippen molar-refractivity contribution in [1.29, 1.82) is 0 Å². The molecule has 0 saturated heterocycles. The molecule has 0 aliphatic heterocycles. The monoisotopic (exact) mass is 491 g/mol. The third-order valence-corrected chi connectivity index (χ3v) is 5.77. The molecule has 0 aromatic heterocycles. The van der Waals surface area contributed by atoms with Crippen molar-refractivity contribution in [2.45, 2.75) is 57.8 Å². The number of rotatable bonds is 7. The second kappa shape index (κ2) is 10.0. The molecule has 152 valence electrons. The fraction of sp³-hybridized carbons (Fsp3) is 0.650. The number of aliphatic hydroxyl groups is 1. The Kier molecular flexibility index (Phi) is 8.30. The standard InChI is InChI=1S/C20H30FN3O2.HI/c1-3-22-19(23-13-16(25)14-6-8-15(21)9-7-14)24-17-12-18(26-4-2)20(17)10-5-11-20;/h6-9,16-18,25H,3-5,10-13H2,1-2H3,(H2,22,23,24);1H. The summed E-state index contributed by atoms with van der Waals surface area (Å²) in [6.07, 6.45) is 4.27. The molecule has 0 amide bonds. The lowest BCUT2D eigenvalue weighted by Gasteiger charge is -2.61. The molecule has 2 aliphatic rings. The van der Waals surface area contributed by atoms with E-state index in [9.17, 15) is 9.50 Å². The summed E-state index contributed by atoms with van der Waals surface area (Å²) in [5.41, 5.74) is 0.920. The Balaban J connectivity index is 0.00000261. The zero-order chi connectivity index (χ0) is 18.6. The number of nitrogens with zero attached hydrogens (tertiary/aromatic N) is 1. The summed E-state index contributed by atoms with van der Waals surface area (Å²) in [5.74, 6) is 0.416. The fourth-order valence-electron chi connectivity index (χ4n) is 4.09. The Labute approximate surface area is 178 Å². The molecule has 0 radical (unpaired) electrons. The van der Waals surface area contributed by atoms with Crippen molar-refractivity contribution in [2.75, 3.05) is 19.7 Å². The lowest BCUT2D eigenvalue weighted by molar-refractivity contribution is -0.168. The molecule has 2 aliphatic carbocycles. The highest BCUT2D eigenvalue weighted by molar-refractivity contribution is 14.0. The number of hydrogen-bond donors (Lipinski definition) is 3. The van der Waals surface area contributed by atoms with Gasteiger partial charge in [-0.15, -0.1) is 24.0 Å². The normalized spacial score (nSPS) is 24.4. The van der Waals surface area contributed by atoms with Crippen LogP contribution in [-0.2, 0) is 4.74 Å². The first-order chi connectivity index (χ1) is 12.6. The van der Waals surface area contributed by atoms with Crippen LogP contribution in [0.4, 0.5) is 4.39 Å². The van der Waals surface area contributed by atoms with Crippen LogP contribution in [0, 0.1) is 11.2 Å². The van der Waals surface area contributed by atoms with E-state index >= 15 is 0 Å². The van der Waals surface area contributed by atoms with Crippen molar-refractivity contribution in [3.8, 4) is 0 Å². The number of benzene rings is 1. The van der Waals surface area contributed by atoms with Crippen molar-refractivity contribution >= 4 is 29.9 Å². The van der Waals surface area contributed by atoms with Crippen molar-refractivity contribution < 1.29 is 14.2 Å². The number of aliphatic hydroxyl groups excluding tert-OH is 1. The Hall–Kier alpha value is -0.930. The van der Waals surface area contributed by atoms with E-state index in [1.807, 2.05) is 6.92 Å². The quantitative estimate of drug-likeness (QED) is 0.311. The summed E-state index contributed by atoms with van der Waals surface area (Å²) in [4.78, 5) is 4.54. The average molecular weight is 491 g/mol. The number of hydrogen-bond acceptors (Lipinski definition) is 3. The van der Waals surface area contributed by atoms with E-state index in [0.717, 1.165) is 25.5 Å². The van der Waals surface area contributed by atoms with Gasteiger partial charge in [-0.2, -0.15) is 0 Å². The largest absolute Gasteiger partial charge is 0.386 e. The molecule has 5 nitrogen and oxygen atoms in total. The predicted molar refractivity (Wildman–Crippen MR) is 116 cm³/mol. The molecule has 1 aromatic rings. The van der Waals surface area contributed by atoms with E-state index < -0.39 is 6.10 Å². The van der Waals surface area contributed by atoms with Gasteiger partial charge in [0, 0.05) is 24.6 Å². The van der Waals surface area contributed by atoms with Crippen LogP contribution < -0.4 is 10.6 Å². The van der Waals surface area contributed by atoms with Crippen LogP contribution in [0.25, 0.3) is 0 Å². The second-order valence-corrected chi connectivity index (χ2v) is 7.25. The van der Waals surface area contributed by atoms with Crippen molar-refractivity contribution in [3.63, 3.8) is 0 Å². The van der Waals surface area contributed by atoms with Gasteiger partial charge in [-0.25, -0.2) is 4.39 Å². The molecule has 0 heterocycles. The van der Waals surface area contributed by atoms with Crippen LogP contribution in [0.2, 0.25) is 0 Å². The number of ether oxygens (including phenoxy) is 1. The van der Waals surface area contributed by atoms with Crippen LogP contribution in [0.5, 0.6) is 0 Å². The van der Waals surface area contributed by atoms with E-state index in [-0.39, 0.29) is 41.8 Å². The molecule has 3 N–H and O–H groups in total. The minimum atomic E-state index is -0.749. The number of nitrogens with one attached hydrogen (secondary N) is 2. The lowest BCUT2D eigenvalue weighted by Crippen LogP contribution is -2.68. The molecule has 27 heavy (non-hydrogen) atoms. The van der Waals surface area contributed by atoms with E-state index in [2.05, 4.69) is 22.5 Å². The Morgan fingerprint density at radius 2 is 2.04 bits per heavy atom. The van der Waals surface area contributed by atoms with Gasteiger partial charge >= 0.3 is 0 Å². The summed E-state index contributed by atoms with van der Waals surface area (Å²) in [6, 6.07) is 6.27. The fourth-order valence-corrected chi connectivity index (χ4v) is 4.09. The maximum Gasteiger partial charge on any atom is 0.191 e. The van der Waals surface area contributed by atoms with Gasteiger partial charge < -0.3 is 20.5 Å². The lowest BCUT2D eigenvalue weighted by atomic mass is 9.51. The van der Waals surface area contributed by atoms with Crippen LogP contribution in [-0.4, -0.2) is 42.9 Å². The minimum absolute atomic E-state index is 0. The zero-order valence-corrected chi connectivity index (χ0v) is 18.4. The molecule has 3 unspecified atom stereocenters. The highest BCUT2D eigenvalue weighted by atomic mass is 127. The maximum absolute atomic E-state index is 13.0. The van der Waals surface area contributed by atoms with Crippen LogP contribution in [0.3, 0.4) is 0 Å². The van der Waals surface area contributed by atoms with Gasteiger partial charge in [0.1, 0.15) is 5.82 Å². The van der Waals surface area contributed by atoms with Crippen molar-refractivity contribution in [3.05, 3.63) is 35.6 Å². The Morgan fingerprint density at radius 1 is 1.33 bits per heavy atom. The molecule has 0 bridgehead atoms. The first kappa shape index (κ1) is 22.4. The van der Waals surface area contributed by atoms with E-state index in [1.54, 1.807) is 12.1 Å². The molecule has 7 heteroatoms. The van der Waals surface area contributed by atoms with E-state index in [1.165, 1.54) is 31.4 Å². The molecule has 1 aromatic carbocycles. The first-order valence-electron chi connectivity index (χ1n) is 9.69. The maximum atomic E-state index is 13.0. The van der Waals surface area contributed by atoms with Crippen molar-refractivity contribution in [1.82, 2.24) is 10.6 Å². The molecule has 1 spiro atoms. The summed E-state index contributed by atoms with van der Waals surface area (Å²) in [7, 11) is 0. The van der Waals surface area contributed by atoms with Gasteiger partial charge in [0.25, 0.3) is 0 Å². The first-order valence-corrected chi connectivity index (χ1v) is 9.69. The number of guanidine groups is 1. The van der Waals surface area contributed by atoms with E-state index in [4.69, 9.17) is 4.74 Å². The second-order valence-electron chi connectivity index (χ2n) is 7.25. The van der Waals surface area contributed by atoms with Gasteiger partial charge in [0.05, 0.1) is 18.8 Å². The molecule has 2 saturated carbocycles. The van der Waals surface area contributed by atoms with Crippen molar-refractivity contribution in [2.24, 2.45) is 10.4 Å². The van der Waals surface area contributed by atoms with Crippen LogP contribution >= 0.6 is 24.0 Å².